The van der Waals surface area contributed by atoms with Gasteiger partial charge in [-0.25, -0.2) is 0 Å². The van der Waals surface area contributed by atoms with E-state index >= 15 is 0 Å². The number of hydrogen-bond donors (Lipinski definition) is 1. The molecule has 1 aromatic heterocycles. The van der Waals surface area contributed by atoms with Crippen LogP contribution >= 0.6 is 0 Å². The third-order valence-electron chi connectivity index (χ3n) is 4.68. The lowest BCUT2D eigenvalue weighted by Crippen LogP contribution is -2.39. The zero-order valence-electron chi connectivity index (χ0n) is 13.1. The van der Waals surface area contributed by atoms with Gasteiger partial charge in [0.2, 0.25) is 11.7 Å². The highest BCUT2D eigenvalue weighted by molar-refractivity contribution is 5.07. The summed E-state index contributed by atoms with van der Waals surface area (Å²) in [5.74, 6) is 1.43. The lowest BCUT2D eigenvalue weighted by Gasteiger charge is -2.31. The Labute approximate surface area is 126 Å². The van der Waals surface area contributed by atoms with E-state index in [1.807, 2.05) is 0 Å². The highest BCUT2D eigenvalue weighted by Gasteiger charge is 2.39. The van der Waals surface area contributed by atoms with Crippen molar-refractivity contribution in [3.63, 3.8) is 0 Å². The van der Waals surface area contributed by atoms with Crippen molar-refractivity contribution in [1.29, 1.82) is 0 Å². The van der Waals surface area contributed by atoms with Gasteiger partial charge in [-0.3, -0.25) is 4.90 Å². The molecule has 1 N–H and O–H groups in total. The summed E-state index contributed by atoms with van der Waals surface area (Å²) < 4.78 is 11.4. The van der Waals surface area contributed by atoms with Crippen LogP contribution in [0.2, 0.25) is 0 Å². The molecule has 6 heteroatoms. The predicted octanol–water partition coefficient (Wildman–Crippen LogP) is 1.84. The van der Waals surface area contributed by atoms with Crippen LogP contribution in [0.5, 0.6) is 0 Å². The molecule has 2 atom stereocenters. The van der Waals surface area contributed by atoms with Gasteiger partial charge in [0.25, 0.3) is 0 Å². The molecule has 1 aromatic rings. The average molecular weight is 294 g/mol. The lowest BCUT2D eigenvalue weighted by molar-refractivity contribution is -0.0350. The van der Waals surface area contributed by atoms with Crippen molar-refractivity contribution < 1.29 is 9.26 Å². The summed E-state index contributed by atoms with van der Waals surface area (Å²) in [6.45, 7) is 9.09. The molecule has 0 spiro atoms. The van der Waals surface area contributed by atoms with E-state index < -0.39 is 0 Å². The maximum absolute atomic E-state index is 5.84. The van der Waals surface area contributed by atoms with Crippen LogP contribution in [0.3, 0.4) is 0 Å². The molecule has 0 bridgehead atoms. The summed E-state index contributed by atoms with van der Waals surface area (Å²) in [6.07, 6.45) is 4.31. The molecule has 0 aliphatic carbocycles. The largest absolute Gasteiger partial charge is 0.367 e. The molecule has 2 unspecified atom stereocenters. The van der Waals surface area contributed by atoms with Crippen LogP contribution in [0.15, 0.2) is 4.52 Å². The minimum Gasteiger partial charge on any atom is -0.367 e. The zero-order chi connectivity index (χ0) is 14.7. The van der Waals surface area contributed by atoms with Gasteiger partial charge in [0.1, 0.15) is 6.10 Å². The van der Waals surface area contributed by atoms with Gasteiger partial charge in [0, 0.05) is 13.1 Å². The molecule has 6 nitrogen and oxygen atoms in total. The Morgan fingerprint density at radius 1 is 1.43 bits per heavy atom. The van der Waals surface area contributed by atoms with Gasteiger partial charge < -0.3 is 14.6 Å². The Hall–Kier alpha value is -0.980. The van der Waals surface area contributed by atoms with Crippen LogP contribution in [0, 0.1) is 0 Å². The van der Waals surface area contributed by atoms with E-state index in [-0.39, 0.29) is 11.6 Å². The molecule has 3 heterocycles. The number of hydrogen-bond acceptors (Lipinski definition) is 6. The SMILES string of the molecule is CCCN1CCOC(c2noc(C3(CC)CCCN3)n2)C1. The first-order chi connectivity index (χ1) is 10.3. The van der Waals surface area contributed by atoms with Crippen LogP contribution in [0.1, 0.15) is 57.3 Å². The number of ether oxygens (including phenoxy) is 1. The molecule has 3 rings (SSSR count). The van der Waals surface area contributed by atoms with Crippen molar-refractivity contribution in [2.24, 2.45) is 0 Å². The average Bonchev–Trinajstić information content (AvgIpc) is 3.18. The summed E-state index contributed by atoms with van der Waals surface area (Å²) in [5.41, 5.74) is -0.122. The fourth-order valence-corrected chi connectivity index (χ4v) is 3.38. The van der Waals surface area contributed by atoms with Gasteiger partial charge in [-0.05, 0) is 38.8 Å². The summed E-state index contributed by atoms with van der Waals surface area (Å²) >= 11 is 0. The second-order valence-corrected chi connectivity index (χ2v) is 6.08. The summed E-state index contributed by atoms with van der Waals surface area (Å²) in [5, 5.41) is 7.73. The Morgan fingerprint density at radius 2 is 2.33 bits per heavy atom. The first-order valence-electron chi connectivity index (χ1n) is 8.20. The minimum atomic E-state index is -0.122. The minimum absolute atomic E-state index is 0.0573. The van der Waals surface area contributed by atoms with Crippen molar-refractivity contribution in [2.45, 2.75) is 51.2 Å². The second kappa shape index (κ2) is 6.42. The Morgan fingerprint density at radius 3 is 3.05 bits per heavy atom. The number of morpholine rings is 1. The Kier molecular flexibility index (Phi) is 4.57. The van der Waals surface area contributed by atoms with Crippen molar-refractivity contribution in [2.75, 3.05) is 32.8 Å². The first-order valence-corrected chi connectivity index (χ1v) is 8.20. The number of aromatic nitrogens is 2. The fourth-order valence-electron chi connectivity index (χ4n) is 3.38. The van der Waals surface area contributed by atoms with Crippen molar-refractivity contribution in [1.82, 2.24) is 20.4 Å². The van der Waals surface area contributed by atoms with Crippen LogP contribution < -0.4 is 5.32 Å². The van der Waals surface area contributed by atoms with Crippen LogP contribution in [-0.4, -0.2) is 47.8 Å². The molecule has 2 fully saturated rings. The van der Waals surface area contributed by atoms with Crippen molar-refractivity contribution in [3.05, 3.63) is 11.7 Å². The second-order valence-electron chi connectivity index (χ2n) is 6.08. The Bertz CT molecular complexity index is 454. The van der Waals surface area contributed by atoms with E-state index in [0.717, 1.165) is 64.4 Å². The van der Waals surface area contributed by atoms with E-state index in [9.17, 15) is 0 Å². The van der Waals surface area contributed by atoms with Crippen molar-refractivity contribution in [3.8, 4) is 0 Å². The molecular weight excluding hydrogens is 268 g/mol. The molecule has 118 valence electrons. The molecule has 0 radical (unpaired) electrons. The third kappa shape index (κ3) is 2.98. The molecular formula is C15H26N4O2. The maximum Gasteiger partial charge on any atom is 0.247 e. The van der Waals surface area contributed by atoms with Gasteiger partial charge in [-0.15, -0.1) is 0 Å². The van der Waals surface area contributed by atoms with E-state index in [4.69, 9.17) is 9.26 Å². The number of nitrogens with zero attached hydrogens (tertiary/aromatic N) is 3. The predicted molar refractivity (Wildman–Crippen MR) is 78.9 cm³/mol. The van der Waals surface area contributed by atoms with Gasteiger partial charge in [0.15, 0.2) is 0 Å². The third-order valence-corrected chi connectivity index (χ3v) is 4.68. The molecule has 0 saturated carbocycles. The number of rotatable bonds is 5. The quantitative estimate of drug-likeness (QED) is 0.894. The van der Waals surface area contributed by atoms with Gasteiger partial charge >= 0.3 is 0 Å². The highest BCUT2D eigenvalue weighted by Crippen LogP contribution is 2.33. The van der Waals surface area contributed by atoms with Gasteiger partial charge in [-0.2, -0.15) is 4.98 Å². The summed E-state index contributed by atoms with van der Waals surface area (Å²) in [7, 11) is 0. The summed E-state index contributed by atoms with van der Waals surface area (Å²) in [6, 6.07) is 0. The molecule has 2 saturated heterocycles. The Balaban J connectivity index is 1.72. The van der Waals surface area contributed by atoms with E-state index in [1.165, 1.54) is 0 Å². The maximum atomic E-state index is 5.84. The standard InChI is InChI=1S/C15H26N4O2/c1-3-8-19-9-10-20-12(11-19)13-17-14(21-18-13)15(4-2)6-5-7-16-15/h12,16H,3-11H2,1-2H3. The molecule has 0 amide bonds. The normalized spacial score (nSPS) is 30.9. The van der Waals surface area contributed by atoms with E-state index in [1.54, 1.807) is 0 Å². The van der Waals surface area contributed by atoms with Gasteiger partial charge in [0.05, 0.1) is 12.1 Å². The molecule has 21 heavy (non-hydrogen) atoms. The topological polar surface area (TPSA) is 63.4 Å². The van der Waals surface area contributed by atoms with Crippen LogP contribution in [-0.2, 0) is 10.3 Å². The molecule has 2 aliphatic rings. The van der Waals surface area contributed by atoms with Crippen molar-refractivity contribution >= 4 is 0 Å². The zero-order valence-corrected chi connectivity index (χ0v) is 13.1. The molecule has 2 aliphatic heterocycles. The molecule has 0 aromatic carbocycles. The van der Waals surface area contributed by atoms with Crippen LogP contribution in [0.4, 0.5) is 0 Å². The highest BCUT2D eigenvalue weighted by atomic mass is 16.5. The number of nitrogens with one attached hydrogen (secondary N) is 1. The summed E-state index contributed by atoms with van der Waals surface area (Å²) in [4.78, 5) is 7.07. The van der Waals surface area contributed by atoms with Crippen LogP contribution in [0.25, 0.3) is 0 Å². The van der Waals surface area contributed by atoms with E-state index in [0.29, 0.717) is 5.82 Å². The lowest BCUT2D eigenvalue weighted by atomic mass is 9.94. The fraction of sp³-hybridized carbons (Fsp3) is 0.867. The monoisotopic (exact) mass is 294 g/mol. The smallest absolute Gasteiger partial charge is 0.247 e. The first kappa shape index (κ1) is 14.9. The van der Waals surface area contributed by atoms with Gasteiger partial charge in [-0.1, -0.05) is 19.0 Å². The van der Waals surface area contributed by atoms with E-state index in [2.05, 4.69) is 34.2 Å².